The lowest BCUT2D eigenvalue weighted by atomic mass is 9.86. The second-order valence-electron chi connectivity index (χ2n) is 7.65. The third-order valence-electron chi connectivity index (χ3n) is 3.24. The number of amides is 1. The quantitative estimate of drug-likeness (QED) is 0.807. The Hall–Kier alpha value is -0.770. The van der Waals surface area contributed by atoms with Gasteiger partial charge in [0.1, 0.15) is 5.60 Å². The summed E-state index contributed by atoms with van der Waals surface area (Å²) >= 11 is 0. The molecule has 4 heteroatoms. The van der Waals surface area contributed by atoms with Crippen LogP contribution in [-0.4, -0.2) is 30.8 Å². The van der Waals surface area contributed by atoms with E-state index >= 15 is 0 Å². The fourth-order valence-electron chi connectivity index (χ4n) is 1.82. The van der Waals surface area contributed by atoms with E-state index in [1.54, 1.807) is 0 Å². The van der Waals surface area contributed by atoms with Crippen molar-refractivity contribution in [3.8, 4) is 0 Å². The average Bonchev–Trinajstić information content (AvgIpc) is 2.96. The zero-order valence-corrected chi connectivity index (χ0v) is 13.3. The molecule has 1 aliphatic carbocycles. The molecule has 1 amide bonds. The third-order valence-corrected chi connectivity index (χ3v) is 3.24. The molecule has 1 unspecified atom stereocenters. The second-order valence-corrected chi connectivity index (χ2v) is 7.65. The monoisotopic (exact) mass is 270 g/mol. The lowest BCUT2D eigenvalue weighted by molar-refractivity contribution is 0.0513. The van der Waals surface area contributed by atoms with Crippen LogP contribution in [-0.2, 0) is 4.74 Å². The first-order valence-electron chi connectivity index (χ1n) is 7.28. The Labute approximate surface area is 117 Å². The van der Waals surface area contributed by atoms with E-state index in [2.05, 4.69) is 31.4 Å². The van der Waals surface area contributed by atoms with Gasteiger partial charge in [-0.25, -0.2) is 4.79 Å². The Morgan fingerprint density at radius 3 is 2.21 bits per heavy atom. The van der Waals surface area contributed by atoms with Gasteiger partial charge in [0.05, 0.1) is 0 Å². The third kappa shape index (κ3) is 7.41. The summed E-state index contributed by atoms with van der Waals surface area (Å²) in [4.78, 5) is 11.7. The molecule has 0 aromatic carbocycles. The Morgan fingerprint density at radius 1 is 1.21 bits per heavy atom. The van der Waals surface area contributed by atoms with Gasteiger partial charge in [0.15, 0.2) is 0 Å². The van der Waals surface area contributed by atoms with Crippen LogP contribution in [0.4, 0.5) is 4.79 Å². The molecule has 0 aliphatic heterocycles. The van der Waals surface area contributed by atoms with Crippen LogP contribution in [0.2, 0.25) is 0 Å². The molecule has 0 saturated heterocycles. The molecule has 1 saturated carbocycles. The first-order chi connectivity index (χ1) is 8.58. The van der Waals surface area contributed by atoms with Gasteiger partial charge in [0.2, 0.25) is 0 Å². The van der Waals surface area contributed by atoms with E-state index in [1.165, 1.54) is 12.8 Å². The van der Waals surface area contributed by atoms with Gasteiger partial charge in [-0.2, -0.15) is 0 Å². The van der Waals surface area contributed by atoms with Crippen molar-refractivity contribution in [2.75, 3.05) is 13.1 Å². The summed E-state index contributed by atoms with van der Waals surface area (Å²) in [5.74, 6) is 0.839. The molecule has 1 atom stereocenters. The topological polar surface area (TPSA) is 50.4 Å². The minimum atomic E-state index is -0.442. The molecular formula is C15H30N2O2. The molecule has 0 aromatic heterocycles. The number of rotatable bonds is 5. The summed E-state index contributed by atoms with van der Waals surface area (Å²) in [6.45, 7) is 13.8. The molecule has 19 heavy (non-hydrogen) atoms. The van der Waals surface area contributed by atoms with Crippen molar-refractivity contribution in [2.24, 2.45) is 11.3 Å². The van der Waals surface area contributed by atoms with Gasteiger partial charge < -0.3 is 15.4 Å². The maximum absolute atomic E-state index is 11.7. The Morgan fingerprint density at radius 2 is 1.79 bits per heavy atom. The minimum Gasteiger partial charge on any atom is -0.444 e. The van der Waals surface area contributed by atoms with Crippen LogP contribution in [0.25, 0.3) is 0 Å². The predicted molar refractivity (Wildman–Crippen MR) is 78.2 cm³/mol. The van der Waals surface area contributed by atoms with Crippen molar-refractivity contribution in [2.45, 2.75) is 66.0 Å². The maximum Gasteiger partial charge on any atom is 0.407 e. The van der Waals surface area contributed by atoms with E-state index < -0.39 is 5.60 Å². The number of nitrogens with one attached hydrogen (secondary N) is 2. The van der Waals surface area contributed by atoms with Crippen LogP contribution >= 0.6 is 0 Å². The van der Waals surface area contributed by atoms with Crippen molar-refractivity contribution < 1.29 is 9.53 Å². The molecule has 4 nitrogen and oxygen atoms in total. The van der Waals surface area contributed by atoms with Crippen molar-refractivity contribution in [1.29, 1.82) is 0 Å². The summed E-state index contributed by atoms with van der Waals surface area (Å²) in [6.07, 6.45) is 2.34. The van der Waals surface area contributed by atoms with Gasteiger partial charge in [0, 0.05) is 12.6 Å². The van der Waals surface area contributed by atoms with Crippen molar-refractivity contribution in [3.05, 3.63) is 0 Å². The van der Waals surface area contributed by atoms with Crippen LogP contribution in [0.1, 0.15) is 54.4 Å². The number of ether oxygens (including phenoxy) is 1. The zero-order valence-electron chi connectivity index (χ0n) is 13.3. The molecule has 2 N–H and O–H groups in total. The summed E-state index contributed by atoms with van der Waals surface area (Å²) < 4.78 is 5.26. The molecule has 0 heterocycles. The normalized spacial score (nSPS) is 18.0. The van der Waals surface area contributed by atoms with Crippen LogP contribution in [0.5, 0.6) is 0 Å². The molecule has 1 aliphatic rings. The fraction of sp³-hybridized carbons (Fsp3) is 0.933. The van der Waals surface area contributed by atoms with Crippen LogP contribution in [0, 0.1) is 11.3 Å². The second kappa shape index (κ2) is 6.12. The van der Waals surface area contributed by atoms with Crippen LogP contribution < -0.4 is 10.6 Å². The highest BCUT2D eigenvalue weighted by Gasteiger charge is 2.28. The number of carbonyl (C=O) groups excluding carboxylic acids is 1. The highest BCUT2D eigenvalue weighted by Crippen LogP contribution is 2.28. The molecule has 1 rings (SSSR count). The first kappa shape index (κ1) is 16.3. The van der Waals surface area contributed by atoms with Gasteiger partial charge in [-0.05, 0) is 51.5 Å². The lowest BCUT2D eigenvalue weighted by Gasteiger charge is -2.32. The van der Waals surface area contributed by atoms with Crippen molar-refractivity contribution in [1.82, 2.24) is 10.6 Å². The molecule has 1 fully saturated rings. The minimum absolute atomic E-state index is 0.115. The average molecular weight is 270 g/mol. The largest absolute Gasteiger partial charge is 0.444 e. The zero-order chi connectivity index (χ0) is 14.7. The van der Waals surface area contributed by atoms with Crippen LogP contribution in [0.15, 0.2) is 0 Å². The van der Waals surface area contributed by atoms with Crippen molar-refractivity contribution in [3.63, 3.8) is 0 Å². The van der Waals surface area contributed by atoms with Gasteiger partial charge in [-0.3, -0.25) is 0 Å². The van der Waals surface area contributed by atoms with E-state index in [1.807, 2.05) is 20.8 Å². The predicted octanol–water partition coefficient (Wildman–Crippen LogP) is 2.93. The highest BCUT2D eigenvalue weighted by molar-refractivity contribution is 5.67. The van der Waals surface area contributed by atoms with Gasteiger partial charge in [-0.15, -0.1) is 0 Å². The van der Waals surface area contributed by atoms with Gasteiger partial charge in [0.25, 0.3) is 0 Å². The Bertz CT molecular complexity index is 298. The standard InChI is InChI=1S/C15H30N2O2/c1-14(2,3)12(16-9-11-7-8-11)10-17-13(18)19-15(4,5)6/h11-12,16H,7-10H2,1-6H3,(H,17,18). The summed E-state index contributed by atoms with van der Waals surface area (Å²) in [6, 6.07) is 0.264. The molecular weight excluding hydrogens is 240 g/mol. The Kier molecular flexibility index (Phi) is 5.25. The van der Waals surface area contributed by atoms with E-state index in [-0.39, 0.29) is 17.6 Å². The smallest absolute Gasteiger partial charge is 0.407 e. The molecule has 0 radical (unpaired) electrons. The van der Waals surface area contributed by atoms with E-state index in [4.69, 9.17) is 4.74 Å². The maximum atomic E-state index is 11.7. The number of alkyl carbamates (subject to hydrolysis) is 1. The van der Waals surface area contributed by atoms with Crippen LogP contribution in [0.3, 0.4) is 0 Å². The fourth-order valence-corrected chi connectivity index (χ4v) is 1.82. The molecule has 112 valence electrons. The molecule has 0 bridgehead atoms. The van der Waals surface area contributed by atoms with Gasteiger partial charge >= 0.3 is 6.09 Å². The SMILES string of the molecule is CC(C)(C)OC(=O)NCC(NCC1CC1)C(C)(C)C. The van der Waals surface area contributed by atoms with Crippen molar-refractivity contribution >= 4 is 6.09 Å². The van der Waals surface area contributed by atoms with E-state index in [0.29, 0.717) is 6.54 Å². The summed E-state index contributed by atoms with van der Waals surface area (Å²) in [5, 5.41) is 6.44. The first-order valence-corrected chi connectivity index (χ1v) is 7.28. The lowest BCUT2D eigenvalue weighted by Crippen LogP contribution is -2.49. The highest BCUT2D eigenvalue weighted by atomic mass is 16.6. The molecule has 0 spiro atoms. The molecule has 0 aromatic rings. The van der Waals surface area contributed by atoms with E-state index in [9.17, 15) is 4.79 Å². The number of carbonyl (C=O) groups is 1. The number of hydrogen-bond donors (Lipinski definition) is 2. The summed E-state index contributed by atoms with van der Waals surface area (Å²) in [5.41, 5.74) is -0.327. The number of hydrogen-bond acceptors (Lipinski definition) is 3. The summed E-state index contributed by atoms with van der Waals surface area (Å²) in [7, 11) is 0. The van der Waals surface area contributed by atoms with E-state index in [0.717, 1.165) is 12.5 Å². The Balaban J connectivity index is 2.36. The van der Waals surface area contributed by atoms with Gasteiger partial charge in [-0.1, -0.05) is 20.8 Å².